The second-order valence-electron chi connectivity index (χ2n) is 5.43. The van der Waals surface area contributed by atoms with Crippen molar-refractivity contribution in [2.24, 2.45) is 5.92 Å². The summed E-state index contributed by atoms with van der Waals surface area (Å²) in [5.74, 6) is 0.119. The zero-order valence-electron chi connectivity index (χ0n) is 11.7. The normalized spacial score (nSPS) is 18.1. The van der Waals surface area contributed by atoms with Crippen LogP contribution in [0.2, 0.25) is 0 Å². The lowest BCUT2D eigenvalue weighted by atomic mass is 9.96. The van der Waals surface area contributed by atoms with E-state index in [9.17, 15) is 13.5 Å². The Kier molecular flexibility index (Phi) is 4.44. The van der Waals surface area contributed by atoms with Gasteiger partial charge in [0.25, 0.3) is 0 Å². The molecule has 1 heterocycles. The standard InChI is InChI=1S/C15H16BrNO3S2/c16-12-4-1-2-5-13(12)22(19,20)17-10-15(18,11-7-8-11)14-6-3-9-21-14/h1-6,9,11,17-18H,7-8,10H2. The lowest BCUT2D eigenvalue weighted by Crippen LogP contribution is -2.42. The van der Waals surface area contributed by atoms with Gasteiger partial charge < -0.3 is 5.11 Å². The fraction of sp³-hybridized carbons (Fsp3) is 0.333. The van der Waals surface area contributed by atoms with Gasteiger partial charge in [0, 0.05) is 15.9 Å². The molecular formula is C15H16BrNO3S2. The molecule has 22 heavy (non-hydrogen) atoms. The molecule has 1 unspecified atom stereocenters. The van der Waals surface area contributed by atoms with Crippen LogP contribution in [0.15, 0.2) is 51.1 Å². The van der Waals surface area contributed by atoms with Crippen LogP contribution in [-0.4, -0.2) is 20.1 Å². The molecule has 1 aliphatic rings. The van der Waals surface area contributed by atoms with Crippen LogP contribution >= 0.6 is 27.3 Å². The van der Waals surface area contributed by atoms with E-state index in [0.717, 1.165) is 17.7 Å². The van der Waals surface area contributed by atoms with Gasteiger partial charge in [-0.25, -0.2) is 13.1 Å². The van der Waals surface area contributed by atoms with Crippen LogP contribution in [0.5, 0.6) is 0 Å². The first-order valence-corrected chi connectivity index (χ1v) is 10.1. The van der Waals surface area contributed by atoms with Crippen LogP contribution in [0.4, 0.5) is 0 Å². The Labute approximate surface area is 142 Å². The summed E-state index contributed by atoms with van der Waals surface area (Å²) in [6, 6.07) is 10.4. The summed E-state index contributed by atoms with van der Waals surface area (Å²) in [5, 5.41) is 12.9. The number of thiophene rings is 1. The number of sulfonamides is 1. The van der Waals surface area contributed by atoms with E-state index in [4.69, 9.17) is 0 Å². The first-order valence-electron chi connectivity index (χ1n) is 6.94. The van der Waals surface area contributed by atoms with Crippen LogP contribution in [0.1, 0.15) is 17.7 Å². The SMILES string of the molecule is O=S(=O)(NCC(O)(c1cccs1)C1CC1)c1ccccc1Br. The van der Waals surface area contributed by atoms with Gasteiger partial charge in [0.2, 0.25) is 10.0 Å². The molecule has 0 aliphatic heterocycles. The number of halogens is 1. The second kappa shape index (κ2) is 6.05. The van der Waals surface area contributed by atoms with Crippen molar-refractivity contribution in [3.8, 4) is 0 Å². The van der Waals surface area contributed by atoms with Gasteiger partial charge in [0.1, 0.15) is 5.60 Å². The van der Waals surface area contributed by atoms with E-state index >= 15 is 0 Å². The Morgan fingerprint density at radius 3 is 2.59 bits per heavy atom. The van der Waals surface area contributed by atoms with E-state index in [1.165, 1.54) is 17.4 Å². The number of benzene rings is 1. The largest absolute Gasteiger partial charge is 0.383 e. The molecule has 1 aromatic carbocycles. The maximum absolute atomic E-state index is 12.5. The van der Waals surface area contributed by atoms with Crippen molar-refractivity contribution in [3.05, 3.63) is 51.1 Å². The van der Waals surface area contributed by atoms with Crippen molar-refractivity contribution >= 4 is 37.3 Å². The molecule has 4 nitrogen and oxygen atoms in total. The fourth-order valence-corrected chi connectivity index (χ4v) is 5.44. The van der Waals surface area contributed by atoms with Gasteiger partial charge in [-0.3, -0.25) is 0 Å². The molecule has 1 saturated carbocycles. The first-order chi connectivity index (χ1) is 10.4. The highest BCUT2D eigenvalue weighted by Gasteiger charge is 2.46. The number of hydrogen-bond donors (Lipinski definition) is 2. The summed E-state index contributed by atoms with van der Waals surface area (Å²) >= 11 is 4.71. The maximum Gasteiger partial charge on any atom is 0.241 e. The van der Waals surface area contributed by atoms with E-state index in [0.29, 0.717) is 4.47 Å². The Hall–Kier alpha value is -0.730. The number of aliphatic hydroxyl groups is 1. The molecule has 2 N–H and O–H groups in total. The van der Waals surface area contributed by atoms with Crippen molar-refractivity contribution in [2.45, 2.75) is 23.3 Å². The van der Waals surface area contributed by atoms with E-state index in [1.54, 1.807) is 18.2 Å². The zero-order chi connectivity index (χ0) is 15.8. The molecule has 1 fully saturated rings. The molecule has 1 aromatic heterocycles. The molecule has 0 amide bonds. The average Bonchev–Trinajstić information content (AvgIpc) is 3.20. The molecular weight excluding hydrogens is 386 g/mol. The van der Waals surface area contributed by atoms with Crippen LogP contribution in [0.3, 0.4) is 0 Å². The van der Waals surface area contributed by atoms with Gasteiger partial charge in [0.05, 0.1) is 4.90 Å². The lowest BCUT2D eigenvalue weighted by molar-refractivity contribution is 0.0222. The van der Waals surface area contributed by atoms with Gasteiger partial charge >= 0.3 is 0 Å². The second-order valence-corrected chi connectivity index (χ2v) is 8.97. The summed E-state index contributed by atoms with van der Waals surface area (Å²) in [6.45, 7) is -0.0121. The predicted molar refractivity (Wildman–Crippen MR) is 90.3 cm³/mol. The van der Waals surface area contributed by atoms with Gasteiger partial charge in [-0.15, -0.1) is 11.3 Å². The highest BCUT2D eigenvalue weighted by atomic mass is 79.9. The molecule has 0 saturated heterocycles. The third-order valence-electron chi connectivity index (χ3n) is 3.86. The molecule has 0 spiro atoms. The smallest absolute Gasteiger partial charge is 0.241 e. The number of nitrogens with one attached hydrogen (secondary N) is 1. The minimum absolute atomic E-state index is 0.0121. The molecule has 0 bridgehead atoms. The van der Waals surface area contributed by atoms with E-state index in [1.807, 2.05) is 17.5 Å². The molecule has 7 heteroatoms. The Morgan fingerprint density at radius 1 is 1.27 bits per heavy atom. The van der Waals surface area contributed by atoms with Crippen LogP contribution in [-0.2, 0) is 15.6 Å². The van der Waals surface area contributed by atoms with Crippen LogP contribution < -0.4 is 4.72 Å². The summed E-state index contributed by atoms with van der Waals surface area (Å²) in [4.78, 5) is 0.990. The highest BCUT2D eigenvalue weighted by Crippen LogP contribution is 2.46. The topological polar surface area (TPSA) is 66.4 Å². The van der Waals surface area contributed by atoms with E-state index in [-0.39, 0.29) is 17.4 Å². The highest BCUT2D eigenvalue weighted by molar-refractivity contribution is 9.10. The summed E-state index contributed by atoms with van der Waals surface area (Å²) in [6.07, 6.45) is 1.84. The minimum Gasteiger partial charge on any atom is -0.383 e. The van der Waals surface area contributed by atoms with Crippen molar-refractivity contribution in [1.29, 1.82) is 0 Å². The quantitative estimate of drug-likeness (QED) is 0.781. The van der Waals surface area contributed by atoms with Crippen molar-refractivity contribution < 1.29 is 13.5 Å². The third-order valence-corrected chi connectivity index (χ3v) is 7.31. The summed E-state index contributed by atoms with van der Waals surface area (Å²) < 4.78 is 28.0. The van der Waals surface area contributed by atoms with Crippen LogP contribution in [0.25, 0.3) is 0 Å². The monoisotopic (exact) mass is 401 g/mol. The fourth-order valence-electron chi connectivity index (χ4n) is 2.46. The van der Waals surface area contributed by atoms with Gasteiger partial charge in [-0.05, 0) is 58.3 Å². The minimum atomic E-state index is -3.67. The van der Waals surface area contributed by atoms with Crippen LogP contribution in [0, 0.1) is 5.92 Å². The lowest BCUT2D eigenvalue weighted by Gasteiger charge is -2.27. The third kappa shape index (κ3) is 3.14. The molecule has 1 aliphatic carbocycles. The summed E-state index contributed by atoms with van der Waals surface area (Å²) in [7, 11) is -3.67. The summed E-state index contributed by atoms with van der Waals surface area (Å²) in [5.41, 5.74) is -1.12. The van der Waals surface area contributed by atoms with Gasteiger partial charge in [0.15, 0.2) is 0 Å². The van der Waals surface area contributed by atoms with E-state index < -0.39 is 15.6 Å². The average molecular weight is 402 g/mol. The maximum atomic E-state index is 12.5. The van der Waals surface area contributed by atoms with E-state index in [2.05, 4.69) is 20.7 Å². The number of hydrogen-bond acceptors (Lipinski definition) is 4. The Bertz CT molecular complexity index is 757. The van der Waals surface area contributed by atoms with Gasteiger partial charge in [-0.1, -0.05) is 18.2 Å². The molecule has 0 radical (unpaired) electrons. The molecule has 2 aromatic rings. The number of rotatable bonds is 6. The molecule has 118 valence electrons. The van der Waals surface area contributed by atoms with Gasteiger partial charge in [-0.2, -0.15) is 0 Å². The molecule has 1 atom stereocenters. The zero-order valence-corrected chi connectivity index (χ0v) is 14.9. The van der Waals surface area contributed by atoms with Crippen molar-refractivity contribution in [3.63, 3.8) is 0 Å². The first kappa shape index (κ1) is 16.1. The van der Waals surface area contributed by atoms with Crippen molar-refractivity contribution in [2.75, 3.05) is 6.54 Å². The van der Waals surface area contributed by atoms with Crippen molar-refractivity contribution in [1.82, 2.24) is 4.72 Å². The Morgan fingerprint density at radius 2 is 2.00 bits per heavy atom. The molecule has 3 rings (SSSR count). The predicted octanol–water partition coefficient (Wildman–Crippen LogP) is 3.09. The Balaban J connectivity index is 1.83.